The smallest absolute Gasteiger partial charge is 0.462 e. The molecule has 0 bridgehead atoms. The van der Waals surface area contributed by atoms with Gasteiger partial charge in [-0.15, -0.1) is 0 Å². The van der Waals surface area contributed by atoms with Gasteiger partial charge < -0.3 is 20.1 Å². The van der Waals surface area contributed by atoms with Crippen LogP contribution < -0.4 is 5.73 Å². The molecule has 0 aromatic rings. The van der Waals surface area contributed by atoms with Crippen LogP contribution in [-0.2, 0) is 32.7 Å². The standard InChI is InChI=1S/C40H74NO8P/c1-3-5-7-9-11-13-15-17-18-19-20-21-23-25-27-29-31-33-40(43)49-38(37-48-50(44,45)47-35-34-41)36-46-39(42)32-30-28-26-24-22-16-14-12-10-8-6-4-2/h11,13,17-18,20-21,38H,3-10,12,14-16,19,22-37,41H2,1-2H3,(H,44,45)/t38-/m1/s1. The van der Waals surface area contributed by atoms with Crippen LogP contribution in [0.5, 0.6) is 0 Å². The van der Waals surface area contributed by atoms with E-state index in [-0.39, 0.29) is 38.6 Å². The molecule has 0 saturated heterocycles. The minimum Gasteiger partial charge on any atom is -0.462 e. The minimum atomic E-state index is -4.38. The van der Waals surface area contributed by atoms with E-state index in [2.05, 4.69) is 50.3 Å². The molecule has 0 saturated carbocycles. The van der Waals surface area contributed by atoms with Crippen LogP contribution in [0.4, 0.5) is 0 Å². The molecule has 0 amide bonds. The van der Waals surface area contributed by atoms with Crippen molar-refractivity contribution in [1.29, 1.82) is 0 Å². The Hall–Kier alpha value is -1.77. The van der Waals surface area contributed by atoms with E-state index in [0.717, 1.165) is 57.8 Å². The third-order valence-corrected chi connectivity index (χ3v) is 9.26. The highest BCUT2D eigenvalue weighted by Gasteiger charge is 2.25. The van der Waals surface area contributed by atoms with Gasteiger partial charge in [0.2, 0.25) is 0 Å². The molecule has 2 atom stereocenters. The highest BCUT2D eigenvalue weighted by Crippen LogP contribution is 2.43. The third kappa shape index (κ3) is 36.0. The maximum absolute atomic E-state index is 12.5. The molecule has 3 N–H and O–H groups in total. The van der Waals surface area contributed by atoms with Crippen molar-refractivity contribution in [1.82, 2.24) is 0 Å². The van der Waals surface area contributed by atoms with Crippen molar-refractivity contribution in [3.8, 4) is 0 Å². The van der Waals surface area contributed by atoms with E-state index in [0.29, 0.717) is 6.42 Å². The number of hydrogen-bond donors (Lipinski definition) is 2. The fraction of sp³-hybridized carbons (Fsp3) is 0.800. The molecular formula is C40H74NO8P. The Balaban J connectivity index is 4.25. The summed E-state index contributed by atoms with van der Waals surface area (Å²) in [6.07, 6.45) is 38.8. The first-order valence-electron chi connectivity index (χ1n) is 20.0. The summed E-state index contributed by atoms with van der Waals surface area (Å²) < 4.78 is 32.7. The Labute approximate surface area is 305 Å². The first kappa shape index (κ1) is 48.2. The lowest BCUT2D eigenvalue weighted by molar-refractivity contribution is -0.161. The number of esters is 2. The molecule has 0 radical (unpaired) electrons. The highest BCUT2D eigenvalue weighted by atomic mass is 31.2. The number of phosphoric ester groups is 1. The normalized spacial score (nSPS) is 13.8. The number of hydrogen-bond acceptors (Lipinski definition) is 8. The average molecular weight is 728 g/mol. The van der Waals surface area contributed by atoms with Gasteiger partial charge in [-0.05, 0) is 51.4 Å². The number of phosphoric acid groups is 1. The van der Waals surface area contributed by atoms with Crippen LogP contribution in [0.2, 0.25) is 0 Å². The van der Waals surface area contributed by atoms with Gasteiger partial charge in [-0.3, -0.25) is 18.6 Å². The van der Waals surface area contributed by atoms with Crippen molar-refractivity contribution in [2.24, 2.45) is 5.73 Å². The van der Waals surface area contributed by atoms with E-state index in [1.807, 2.05) is 0 Å². The van der Waals surface area contributed by atoms with Gasteiger partial charge in [-0.1, -0.05) is 147 Å². The molecule has 0 aliphatic heterocycles. The quantitative estimate of drug-likeness (QED) is 0.0277. The summed E-state index contributed by atoms with van der Waals surface area (Å²) in [6.45, 7) is 3.67. The lowest BCUT2D eigenvalue weighted by Gasteiger charge is -2.19. The lowest BCUT2D eigenvalue weighted by atomic mass is 10.0. The predicted molar refractivity (Wildman–Crippen MR) is 206 cm³/mol. The van der Waals surface area contributed by atoms with Gasteiger partial charge >= 0.3 is 19.8 Å². The summed E-state index contributed by atoms with van der Waals surface area (Å²) in [6, 6.07) is 0. The van der Waals surface area contributed by atoms with Crippen molar-refractivity contribution in [2.75, 3.05) is 26.4 Å². The minimum absolute atomic E-state index is 0.0497. The summed E-state index contributed by atoms with van der Waals surface area (Å²) in [7, 11) is -4.38. The Kier molecular flexibility index (Phi) is 35.7. The van der Waals surface area contributed by atoms with E-state index >= 15 is 0 Å². The summed E-state index contributed by atoms with van der Waals surface area (Å²) in [5, 5.41) is 0. The molecule has 10 heteroatoms. The van der Waals surface area contributed by atoms with E-state index in [1.165, 1.54) is 83.5 Å². The van der Waals surface area contributed by atoms with Crippen LogP contribution in [0.25, 0.3) is 0 Å². The lowest BCUT2D eigenvalue weighted by Crippen LogP contribution is -2.29. The Morgan fingerprint density at radius 1 is 0.600 bits per heavy atom. The molecule has 1 unspecified atom stereocenters. The van der Waals surface area contributed by atoms with E-state index in [4.69, 9.17) is 24.3 Å². The molecule has 0 aromatic carbocycles. The fourth-order valence-electron chi connectivity index (χ4n) is 5.29. The van der Waals surface area contributed by atoms with Gasteiger partial charge in [0, 0.05) is 19.4 Å². The molecule has 0 fully saturated rings. The predicted octanol–water partition coefficient (Wildman–Crippen LogP) is 11.0. The monoisotopic (exact) mass is 728 g/mol. The Morgan fingerprint density at radius 3 is 1.58 bits per heavy atom. The zero-order valence-corrected chi connectivity index (χ0v) is 32.8. The number of nitrogens with two attached hydrogens (primary N) is 1. The van der Waals surface area contributed by atoms with Gasteiger partial charge in [0.25, 0.3) is 0 Å². The number of carbonyl (C=O) groups is 2. The average Bonchev–Trinajstić information content (AvgIpc) is 3.10. The summed E-state index contributed by atoms with van der Waals surface area (Å²) in [5.74, 6) is -0.853. The third-order valence-electron chi connectivity index (χ3n) is 8.28. The van der Waals surface area contributed by atoms with Gasteiger partial charge in [0.05, 0.1) is 13.2 Å². The molecule has 0 aliphatic rings. The zero-order chi connectivity index (χ0) is 36.8. The first-order chi connectivity index (χ1) is 24.3. The van der Waals surface area contributed by atoms with Crippen molar-refractivity contribution in [3.05, 3.63) is 36.5 Å². The Bertz CT molecular complexity index is 923. The second kappa shape index (κ2) is 37.0. The molecular weight excluding hydrogens is 653 g/mol. The molecule has 292 valence electrons. The second-order valence-electron chi connectivity index (χ2n) is 13.2. The second-order valence-corrected chi connectivity index (χ2v) is 14.6. The molecule has 0 aromatic heterocycles. The first-order valence-corrected chi connectivity index (χ1v) is 21.5. The molecule has 0 spiro atoms. The Morgan fingerprint density at radius 2 is 1.04 bits per heavy atom. The summed E-state index contributed by atoms with van der Waals surface area (Å²) >= 11 is 0. The summed E-state index contributed by atoms with van der Waals surface area (Å²) in [4.78, 5) is 34.7. The molecule has 50 heavy (non-hydrogen) atoms. The molecule has 0 aliphatic carbocycles. The van der Waals surface area contributed by atoms with Gasteiger partial charge in [-0.2, -0.15) is 0 Å². The number of allylic oxidation sites excluding steroid dienone is 6. The fourth-order valence-corrected chi connectivity index (χ4v) is 6.05. The number of rotatable bonds is 37. The van der Waals surface area contributed by atoms with Crippen LogP contribution in [0.3, 0.4) is 0 Å². The van der Waals surface area contributed by atoms with Crippen molar-refractivity contribution in [3.63, 3.8) is 0 Å². The van der Waals surface area contributed by atoms with Crippen molar-refractivity contribution < 1.29 is 37.6 Å². The van der Waals surface area contributed by atoms with Crippen LogP contribution >= 0.6 is 7.82 Å². The maximum atomic E-state index is 12.5. The largest absolute Gasteiger partial charge is 0.472 e. The summed E-state index contributed by atoms with van der Waals surface area (Å²) in [5.41, 5.74) is 5.33. The zero-order valence-electron chi connectivity index (χ0n) is 31.9. The topological polar surface area (TPSA) is 134 Å². The number of unbranched alkanes of at least 4 members (excludes halogenated alkanes) is 18. The molecule has 0 rings (SSSR count). The van der Waals surface area contributed by atoms with Crippen LogP contribution in [0.15, 0.2) is 36.5 Å². The van der Waals surface area contributed by atoms with Crippen LogP contribution in [0.1, 0.15) is 174 Å². The van der Waals surface area contributed by atoms with E-state index in [9.17, 15) is 19.0 Å². The van der Waals surface area contributed by atoms with Gasteiger partial charge in [0.1, 0.15) is 6.61 Å². The highest BCUT2D eigenvalue weighted by molar-refractivity contribution is 7.47. The number of ether oxygens (including phenoxy) is 2. The van der Waals surface area contributed by atoms with Crippen molar-refractivity contribution >= 4 is 19.8 Å². The van der Waals surface area contributed by atoms with Gasteiger partial charge in [-0.25, -0.2) is 4.57 Å². The van der Waals surface area contributed by atoms with Crippen molar-refractivity contribution in [2.45, 2.75) is 180 Å². The SMILES string of the molecule is CCCCCC=CCC=CCC=CCCCCCCC(=O)O[C@H](COC(=O)CCCCCCCCCCCCCC)COP(=O)(O)OCCN. The van der Waals surface area contributed by atoms with Gasteiger partial charge in [0.15, 0.2) is 6.10 Å². The van der Waals surface area contributed by atoms with Crippen LogP contribution in [-0.4, -0.2) is 49.3 Å². The molecule has 9 nitrogen and oxygen atoms in total. The van der Waals surface area contributed by atoms with E-state index < -0.39 is 26.5 Å². The van der Waals surface area contributed by atoms with Crippen LogP contribution in [0, 0.1) is 0 Å². The van der Waals surface area contributed by atoms with E-state index in [1.54, 1.807) is 0 Å². The number of carbonyl (C=O) groups excluding carboxylic acids is 2. The molecule has 0 heterocycles. The maximum Gasteiger partial charge on any atom is 0.472 e.